The number of carbonyl (C=O) groups excluding carboxylic acids is 1. The maximum Gasteiger partial charge on any atom is 0.303 e. The third-order valence-electron chi connectivity index (χ3n) is 7.80. The lowest BCUT2D eigenvalue weighted by atomic mass is 10.0. The van der Waals surface area contributed by atoms with Gasteiger partial charge >= 0.3 is 5.92 Å². The lowest BCUT2D eigenvalue weighted by Crippen LogP contribution is -2.48. The van der Waals surface area contributed by atoms with Crippen molar-refractivity contribution in [2.75, 3.05) is 49.6 Å². The number of rotatable bonds is 11. The number of aryl methyl sites for hydroxylation is 2. The van der Waals surface area contributed by atoms with Crippen LogP contribution in [0.1, 0.15) is 38.3 Å². The van der Waals surface area contributed by atoms with Crippen LogP contribution in [0.2, 0.25) is 0 Å². The highest BCUT2D eigenvalue weighted by atomic mass is 19.3. The summed E-state index contributed by atoms with van der Waals surface area (Å²) >= 11 is 0. The van der Waals surface area contributed by atoms with Gasteiger partial charge in [0.15, 0.2) is 12.5 Å². The molecule has 15 heteroatoms. The quantitative estimate of drug-likeness (QED) is 0.161. The van der Waals surface area contributed by atoms with Crippen LogP contribution in [-0.2, 0) is 19.5 Å². The molecule has 2 aromatic carbocycles. The van der Waals surface area contributed by atoms with Gasteiger partial charge in [-0.05, 0) is 49.2 Å². The van der Waals surface area contributed by atoms with E-state index in [1.807, 2.05) is 13.8 Å². The van der Waals surface area contributed by atoms with Crippen molar-refractivity contribution in [1.29, 1.82) is 0 Å². The monoisotopic (exact) mass is 638 g/mol. The highest BCUT2D eigenvalue weighted by Gasteiger charge is 2.37. The number of nitrogens with zero attached hydrogens (tertiary/aromatic N) is 5. The molecule has 0 saturated carbocycles. The highest BCUT2D eigenvalue weighted by Crippen LogP contribution is 2.38. The van der Waals surface area contributed by atoms with Crippen molar-refractivity contribution < 1.29 is 31.1 Å². The van der Waals surface area contributed by atoms with Crippen molar-refractivity contribution in [2.45, 2.75) is 32.7 Å². The van der Waals surface area contributed by atoms with Crippen molar-refractivity contribution in [3.05, 3.63) is 82.1 Å². The summed E-state index contributed by atoms with van der Waals surface area (Å²) < 4.78 is 84.9. The number of hydrogen-bond donors (Lipinski definition) is 3. The first-order valence-corrected chi connectivity index (χ1v) is 14.1. The van der Waals surface area contributed by atoms with Crippen LogP contribution in [0.25, 0.3) is 5.70 Å². The molecule has 3 aromatic rings. The number of benzene rings is 2. The average Bonchev–Trinajstić information content (AvgIpc) is 3.32. The largest absolute Gasteiger partial charge is 0.397 e. The summed E-state index contributed by atoms with van der Waals surface area (Å²) in [5.74, 6) is 0.00104. The van der Waals surface area contributed by atoms with Gasteiger partial charge in [-0.25, -0.2) is 23.4 Å². The van der Waals surface area contributed by atoms with Crippen LogP contribution < -0.4 is 21.8 Å². The van der Waals surface area contributed by atoms with Crippen LogP contribution in [0.15, 0.2) is 42.7 Å². The number of alkyl halides is 5. The van der Waals surface area contributed by atoms with Crippen molar-refractivity contribution in [3.63, 3.8) is 0 Å². The number of anilines is 2. The molecule has 0 radical (unpaired) electrons. The summed E-state index contributed by atoms with van der Waals surface area (Å²) in [6.45, 7) is 1.64. The van der Waals surface area contributed by atoms with Gasteiger partial charge in [0.2, 0.25) is 0 Å². The number of carbonyl (C=O) groups is 1. The molecule has 1 aliphatic heterocycles. The van der Waals surface area contributed by atoms with Gasteiger partial charge in [0.1, 0.15) is 0 Å². The maximum atomic E-state index is 15.4. The topological polar surface area (TPSA) is 109 Å². The first-order valence-electron chi connectivity index (χ1n) is 14.1. The van der Waals surface area contributed by atoms with Crippen LogP contribution in [0.4, 0.5) is 37.7 Å². The van der Waals surface area contributed by atoms with E-state index in [9.17, 15) is 26.7 Å². The van der Waals surface area contributed by atoms with Crippen LogP contribution in [0.5, 0.6) is 0 Å². The summed E-state index contributed by atoms with van der Waals surface area (Å²) in [7, 11) is 1.78. The number of amides is 1. The van der Waals surface area contributed by atoms with E-state index in [2.05, 4.69) is 10.4 Å². The van der Waals surface area contributed by atoms with Crippen LogP contribution in [0, 0.1) is 19.7 Å². The van der Waals surface area contributed by atoms with E-state index in [0.29, 0.717) is 22.9 Å². The normalized spacial score (nSPS) is 14.7. The van der Waals surface area contributed by atoms with Gasteiger partial charge in [-0.1, -0.05) is 6.07 Å². The minimum absolute atomic E-state index is 0.0674. The van der Waals surface area contributed by atoms with Crippen molar-refractivity contribution in [1.82, 2.24) is 19.7 Å². The molecule has 5 N–H and O–H groups in total. The minimum atomic E-state index is -4.16. The predicted molar refractivity (Wildman–Crippen MR) is 160 cm³/mol. The molecule has 4 rings (SSSR count). The number of nitrogens with two attached hydrogens (primary N) is 2. The Labute approximate surface area is 257 Å². The summed E-state index contributed by atoms with van der Waals surface area (Å²) in [6.07, 6.45) is 0.604. The van der Waals surface area contributed by atoms with Crippen LogP contribution in [0.3, 0.4) is 0 Å². The fraction of sp³-hybridized carbons (Fsp3) is 0.400. The highest BCUT2D eigenvalue weighted by molar-refractivity contribution is 6.04. The van der Waals surface area contributed by atoms with Gasteiger partial charge in [-0.15, -0.1) is 0 Å². The molecule has 45 heavy (non-hydrogen) atoms. The zero-order chi connectivity index (χ0) is 33.1. The Balaban J connectivity index is 1.56. The molecule has 0 aliphatic carbocycles. The van der Waals surface area contributed by atoms with Gasteiger partial charge in [-0.2, -0.15) is 13.9 Å². The Kier molecular flexibility index (Phi) is 10.3. The molecule has 0 unspecified atom stereocenters. The minimum Gasteiger partial charge on any atom is -0.397 e. The second-order valence-electron chi connectivity index (χ2n) is 11.0. The number of hydrazine groups is 1. The molecule has 244 valence electrons. The number of halogens is 6. The lowest BCUT2D eigenvalue weighted by Gasteiger charge is -2.36. The molecule has 0 atom stereocenters. The predicted octanol–water partition coefficient (Wildman–Crippen LogP) is 4.51. The number of hydrogen-bond acceptors (Lipinski definition) is 7. The smallest absolute Gasteiger partial charge is 0.303 e. The van der Waals surface area contributed by atoms with E-state index in [-0.39, 0.29) is 49.7 Å². The molecular formula is C30H36F6N8O. The zero-order valence-corrected chi connectivity index (χ0v) is 25.1. The first-order chi connectivity index (χ1) is 21.2. The molecule has 0 spiro atoms. The summed E-state index contributed by atoms with van der Waals surface area (Å²) in [5.41, 5.74) is 8.10. The van der Waals surface area contributed by atoms with Gasteiger partial charge in [0.05, 0.1) is 36.2 Å². The first kappa shape index (κ1) is 33.6. The molecule has 1 aromatic heterocycles. The van der Waals surface area contributed by atoms with Gasteiger partial charge in [0, 0.05) is 61.9 Å². The number of piperazine rings is 1. The van der Waals surface area contributed by atoms with Gasteiger partial charge in [-0.3, -0.25) is 14.4 Å². The third-order valence-corrected chi connectivity index (χ3v) is 7.80. The van der Waals surface area contributed by atoms with E-state index in [1.165, 1.54) is 33.1 Å². The van der Waals surface area contributed by atoms with E-state index >= 15 is 4.39 Å². The van der Waals surface area contributed by atoms with Crippen LogP contribution >= 0.6 is 0 Å². The van der Waals surface area contributed by atoms with E-state index < -0.39 is 42.9 Å². The standard InChI is InChI=1S/C30H36F6N8O/c1-18-4-5-20(10-21(18)14-44(38)15-25(37)23-13-39-41(3)19(23)2)29(45)40-22-11-24(30(35,36)17-31)28(34)26(12-22)43-8-6-42(7-9-43)16-27(32)33/h4-5,10-13,15,27H,6-9,14,16-17,37-38H2,1-3H3,(H,40,45)/b25-15-. The Morgan fingerprint density at radius 2 is 1.84 bits per heavy atom. The second-order valence-corrected chi connectivity index (χ2v) is 11.0. The van der Waals surface area contributed by atoms with Crippen LogP contribution in [-0.4, -0.2) is 71.4 Å². The molecule has 0 bridgehead atoms. The Morgan fingerprint density at radius 3 is 2.44 bits per heavy atom. The third kappa shape index (κ3) is 7.89. The van der Waals surface area contributed by atoms with Crippen molar-refractivity contribution in [2.24, 2.45) is 18.6 Å². The van der Waals surface area contributed by atoms with Gasteiger partial charge < -0.3 is 21.0 Å². The van der Waals surface area contributed by atoms with Gasteiger partial charge in [0.25, 0.3) is 12.3 Å². The zero-order valence-electron chi connectivity index (χ0n) is 25.1. The van der Waals surface area contributed by atoms with Crippen molar-refractivity contribution in [3.8, 4) is 0 Å². The fourth-order valence-corrected chi connectivity index (χ4v) is 5.08. The molecule has 1 fully saturated rings. The number of nitrogens with one attached hydrogen (secondary N) is 1. The van der Waals surface area contributed by atoms with E-state index in [0.717, 1.165) is 11.3 Å². The molecular weight excluding hydrogens is 602 g/mol. The average molecular weight is 639 g/mol. The molecule has 9 nitrogen and oxygen atoms in total. The van der Waals surface area contributed by atoms with E-state index in [4.69, 9.17) is 11.6 Å². The fourth-order valence-electron chi connectivity index (χ4n) is 5.08. The SMILES string of the molecule is Cc1ccc(C(=O)Nc2cc(N3CCN(CC(F)F)CC3)c(F)c(C(F)(F)CF)c2)cc1CN(N)/C=C(\N)c1cnn(C)c1C. The Morgan fingerprint density at radius 1 is 1.16 bits per heavy atom. The van der Waals surface area contributed by atoms with Crippen molar-refractivity contribution >= 4 is 23.0 Å². The number of aromatic nitrogens is 2. The Hall–Kier alpha value is -4.24. The Bertz CT molecular complexity index is 1550. The molecule has 2 heterocycles. The van der Waals surface area contributed by atoms with E-state index in [1.54, 1.807) is 30.1 Å². The molecule has 1 saturated heterocycles. The molecule has 1 amide bonds. The summed E-state index contributed by atoms with van der Waals surface area (Å²) in [6, 6.07) is 6.68. The molecule has 1 aliphatic rings. The maximum absolute atomic E-state index is 15.4. The second kappa shape index (κ2) is 13.8. The lowest BCUT2D eigenvalue weighted by molar-refractivity contribution is -0.0310. The summed E-state index contributed by atoms with van der Waals surface area (Å²) in [5, 5.41) is 8.03. The summed E-state index contributed by atoms with van der Waals surface area (Å²) in [4.78, 5) is 16.2.